The summed E-state index contributed by atoms with van der Waals surface area (Å²) in [6.07, 6.45) is 0. The van der Waals surface area contributed by atoms with Crippen molar-refractivity contribution >= 4 is 33.3 Å². The number of halogens is 2. The minimum atomic E-state index is -0.484. The molecule has 3 nitrogen and oxygen atoms in total. The second-order valence-corrected chi connectivity index (χ2v) is 5.35. The van der Waals surface area contributed by atoms with Crippen molar-refractivity contribution in [3.63, 3.8) is 0 Å². The number of benzene rings is 2. The molecule has 0 aliphatic rings. The topological polar surface area (TPSA) is 41.1 Å². The Hall–Kier alpha value is -1.88. The lowest BCUT2D eigenvalue weighted by molar-refractivity contribution is 0.262. The molecule has 0 fully saturated rings. The third kappa shape index (κ3) is 3.36. The zero-order chi connectivity index (χ0) is 14.7. The van der Waals surface area contributed by atoms with E-state index in [0.29, 0.717) is 5.69 Å². The summed E-state index contributed by atoms with van der Waals surface area (Å²) in [5, 5.41) is 5.20. The molecule has 2 rings (SSSR count). The number of aryl methyl sites for hydroxylation is 2. The Balaban J connectivity index is 2.15. The number of anilines is 2. The monoisotopic (exact) mass is 336 g/mol. The predicted molar refractivity (Wildman–Crippen MR) is 82.7 cm³/mol. The van der Waals surface area contributed by atoms with Crippen LogP contribution in [0.25, 0.3) is 0 Å². The first kappa shape index (κ1) is 14.5. The number of rotatable bonds is 2. The minimum Gasteiger partial charge on any atom is -0.306 e. The van der Waals surface area contributed by atoms with Crippen LogP contribution in [0.15, 0.2) is 40.9 Å². The average Bonchev–Trinajstić information content (AvgIpc) is 2.36. The highest BCUT2D eigenvalue weighted by atomic mass is 79.9. The van der Waals surface area contributed by atoms with Crippen molar-refractivity contribution in [3.8, 4) is 0 Å². The SMILES string of the molecule is Cc1cc(C)c(NC(=O)Nc2ccccc2F)c(Br)c1. The first-order valence-electron chi connectivity index (χ1n) is 6.06. The third-order valence-electron chi connectivity index (χ3n) is 2.79. The Morgan fingerprint density at radius 3 is 2.50 bits per heavy atom. The molecule has 0 aliphatic heterocycles. The minimum absolute atomic E-state index is 0.144. The van der Waals surface area contributed by atoms with Crippen molar-refractivity contribution in [1.29, 1.82) is 0 Å². The third-order valence-corrected chi connectivity index (χ3v) is 3.42. The van der Waals surface area contributed by atoms with E-state index in [4.69, 9.17) is 0 Å². The molecule has 0 saturated carbocycles. The predicted octanol–water partition coefficient (Wildman–Crippen LogP) is 4.85. The second kappa shape index (κ2) is 6.05. The van der Waals surface area contributed by atoms with Gasteiger partial charge >= 0.3 is 6.03 Å². The standard InChI is InChI=1S/C15H14BrFN2O/c1-9-7-10(2)14(11(16)8-9)19-15(20)18-13-6-4-3-5-12(13)17/h3-8H,1-2H3,(H2,18,19,20). The molecule has 0 bridgehead atoms. The van der Waals surface area contributed by atoms with Crippen LogP contribution >= 0.6 is 15.9 Å². The number of amides is 2. The molecule has 0 saturated heterocycles. The summed E-state index contributed by atoms with van der Waals surface area (Å²) in [4.78, 5) is 11.9. The molecule has 104 valence electrons. The van der Waals surface area contributed by atoms with Gasteiger partial charge < -0.3 is 10.6 Å². The fourth-order valence-corrected chi connectivity index (χ4v) is 2.68. The van der Waals surface area contributed by atoms with Gasteiger partial charge in [-0.3, -0.25) is 0 Å². The van der Waals surface area contributed by atoms with E-state index >= 15 is 0 Å². The van der Waals surface area contributed by atoms with Crippen molar-refractivity contribution in [1.82, 2.24) is 0 Å². The van der Waals surface area contributed by atoms with Crippen molar-refractivity contribution in [2.24, 2.45) is 0 Å². The van der Waals surface area contributed by atoms with Crippen molar-refractivity contribution < 1.29 is 9.18 Å². The molecule has 0 atom stereocenters. The zero-order valence-corrected chi connectivity index (χ0v) is 12.7. The van der Waals surface area contributed by atoms with E-state index in [1.165, 1.54) is 12.1 Å². The van der Waals surface area contributed by atoms with Crippen LogP contribution in [0.3, 0.4) is 0 Å². The molecular weight excluding hydrogens is 323 g/mol. The fraction of sp³-hybridized carbons (Fsp3) is 0.133. The lowest BCUT2D eigenvalue weighted by Gasteiger charge is -2.13. The summed E-state index contributed by atoms with van der Waals surface area (Å²) in [6, 6.07) is 9.41. The van der Waals surface area contributed by atoms with Gasteiger partial charge in [-0.2, -0.15) is 0 Å². The van der Waals surface area contributed by atoms with Crippen LogP contribution in [0, 0.1) is 19.7 Å². The number of carbonyl (C=O) groups excluding carboxylic acids is 1. The first-order valence-corrected chi connectivity index (χ1v) is 6.86. The number of carbonyl (C=O) groups is 1. The van der Waals surface area contributed by atoms with Gasteiger partial charge in [-0.15, -0.1) is 0 Å². The number of para-hydroxylation sites is 1. The van der Waals surface area contributed by atoms with Gasteiger partial charge in [0.25, 0.3) is 0 Å². The van der Waals surface area contributed by atoms with Gasteiger partial charge in [-0.1, -0.05) is 18.2 Å². The van der Waals surface area contributed by atoms with E-state index in [0.717, 1.165) is 15.6 Å². The fourth-order valence-electron chi connectivity index (χ4n) is 1.90. The van der Waals surface area contributed by atoms with E-state index in [9.17, 15) is 9.18 Å². The molecule has 0 aromatic heterocycles. The van der Waals surface area contributed by atoms with Crippen LogP contribution in [0.1, 0.15) is 11.1 Å². The molecule has 2 aromatic rings. The van der Waals surface area contributed by atoms with E-state index in [-0.39, 0.29) is 5.69 Å². The largest absolute Gasteiger partial charge is 0.323 e. The summed E-state index contributed by atoms with van der Waals surface area (Å²) >= 11 is 3.41. The van der Waals surface area contributed by atoms with Crippen molar-refractivity contribution in [3.05, 3.63) is 57.8 Å². The molecule has 0 heterocycles. The lowest BCUT2D eigenvalue weighted by atomic mass is 10.1. The summed E-state index contributed by atoms with van der Waals surface area (Å²) in [5.41, 5.74) is 2.84. The summed E-state index contributed by atoms with van der Waals surface area (Å²) < 4.78 is 14.2. The maximum atomic E-state index is 13.4. The summed E-state index contributed by atoms with van der Waals surface area (Å²) in [7, 11) is 0. The van der Waals surface area contributed by atoms with Crippen LogP contribution < -0.4 is 10.6 Å². The number of nitrogens with one attached hydrogen (secondary N) is 2. The van der Waals surface area contributed by atoms with Gasteiger partial charge in [0.2, 0.25) is 0 Å². The molecule has 0 unspecified atom stereocenters. The Labute approximate surface area is 125 Å². The summed E-state index contributed by atoms with van der Waals surface area (Å²) in [6.45, 7) is 3.87. The summed E-state index contributed by atoms with van der Waals surface area (Å²) in [5.74, 6) is -0.470. The Bertz CT molecular complexity index is 635. The highest BCUT2D eigenvalue weighted by molar-refractivity contribution is 9.10. The molecule has 20 heavy (non-hydrogen) atoms. The van der Waals surface area contributed by atoms with Crippen LogP contribution in [0.5, 0.6) is 0 Å². The maximum absolute atomic E-state index is 13.4. The van der Waals surface area contributed by atoms with E-state index in [1.807, 2.05) is 26.0 Å². The highest BCUT2D eigenvalue weighted by Gasteiger charge is 2.10. The average molecular weight is 337 g/mol. The highest BCUT2D eigenvalue weighted by Crippen LogP contribution is 2.28. The van der Waals surface area contributed by atoms with Gasteiger partial charge in [-0.05, 0) is 59.1 Å². The number of urea groups is 1. The van der Waals surface area contributed by atoms with Crippen molar-refractivity contribution in [2.45, 2.75) is 13.8 Å². The van der Waals surface area contributed by atoms with Crippen molar-refractivity contribution in [2.75, 3.05) is 10.6 Å². The van der Waals surface area contributed by atoms with Gasteiger partial charge in [-0.25, -0.2) is 9.18 Å². The molecular formula is C15H14BrFN2O. The number of hydrogen-bond acceptors (Lipinski definition) is 1. The normalized spacial score (nSPS) is 10.2. The van der Waals surface area contributed by atoms with E-state index in [1.54, 1.807) is 12.1 Å². The molecule has 5 heteroatoms. The van der Waals surface area contributed by atoms with Crippen LogP contribution in [-0.4, -0.2) is 6.03 Å². The Morgan fingerprint density at radius 1 is 1.15 bits per heavy atom. The quantitative estimate of drug-likeness (QED) is 0.808. The Morgan fingerprint density at radius 2 is 1.85 bits per heavy atom. The lowest BCUT2D eigenvalue weighted by Crippen LogP contribution is -2.21. The molecule has 0 aliphatic carbocycles. The van der Waals surface area contributed by atoms with Crippen LogP contribution in [0.2, 0.25) is 0 Å². The first-order chi connectivity index (χ1) is 9.47. The molecule has 0 spiro atoms. The van der Waals surface area contributed by atoms with Gasteiger partial charge in [0, 0.05) is 4.47 Å². The Kier molecular flexibility index (Phi) is 4.39. The van der Waals surface area contributed by atoms with Crippen LogP contribution in [-0.2, 0) is 0 Å². The molecule has 2 N–H and O–H groups in total. The van der Waals surface area contributed by atoms with Gasteiger partial charge in [0.15, 0.2) is 0 Å². The van der Waals surface area contributed by atoms with E-state index < -0.39 is 11.8 Å². The van der Waals surface area contributed by atoms with Crippen LogP contribution in [0.4, 0.5) is 20.6 Å². The second-order valence-electron chi connectivity index (χ2n) is 4.50. The maximum Gasteiger partial charge on any atom is 0.323 e. The van der Waals surface area contributed by atoms with E-state index in [2.05, 4.69) is 26.6 Å². The van der Waals surface area contributed by atoms with Gasteiger partial charge in [0.1, 0.15) is 5.82 Å². The molecule has 2 amide bonds. The number of hydrogen-bond donors (Lipinski definition) is 2. The molecule has 2 aromatic carbocycles. The van der Waals surface area contributed by atoms with Gasteiger partial charge in [0.05, 0.1) is 11.4 Å². The zero-order valence-electron chi connectivity index (χ0n) is 11.1. The molecule has 0 radical (unpaired) electrons. The smallest absolute Gasteiger partial charge is 0.306 e.